The zero-order valence-electron chi connectivity index (χ0n) is 6.27. The van der Waals surface area contributed by atoms with Gasteiger partial charge in [-0.1, -0.05) is 6.42 Å². The van der Waals surface area contributed by atoms with E-state index in [2.05, 4.69) is 26.0 Å². The molecule has 10 heavy (non-hydrogen) atoms. The molecule has 1 heterocycles. The van der Waals surface area contributed by atoms with Crippen LogP contribution in [0.3, 0.4) is 0 Å². The number of rotatable bonds is 0. The van der Waals surface area contributed by atoms with Crippen molar-refractivity contribution in [3.63, 3.8) is 0 Å². The summed E-state index contributed by atoms with van der Waals surface area (Å²) in [5.41, 5.74) is 0.835. The third-order valence-electron chi connectivity index (χ3n) is 3.18. The molecule has 1 spiro atoms. The Morgan fingerprint density at radius 3 is 2.00 bits per heavy atom. The van der Waals surface area contributed by atoms with Crippen molar-refractivity contribution < 1.29 is 0 Å². The van der Waals surface area contributed by atoms with E-state index in [0.717, 1.165) is 5.41 Å². The van der Waals surface area contributed by atoms with Crippen molar-refractivity contribution in [1.82, 2.24) is 3.11 Å². The van der Waals surface area contributed by atoms with Gasteiger partial charge in [-0.3, -0.25) is 0 Å². The van der Waals surface area contributed by atoms with Crippen LogP contribution in [0.2, 0.25) is 0 Å². The second kappa shape index (κ2) is 2.63. The zero-order valence-corrected chi connectivity index (χ0v) is 8.43. The highest BCUT2D eigenvalue weighted by Crippen LogP contribution is 2.49. The maximum atomic E-state index is 2.45. The largest absolute Gasteiger partial charge is 0.248 e. The van der Waals surface area contributed by atoms with E-state index in [-0.39, 0.29) is 0 Å². The molecule has 0 amide bonds. The Kier molecular flexibility index (Phi) is 1.93. The second-order valence-electron chi connectivity index (χ2n) is 3.76. The van der Waals surface area contributed by atoms with Crippen molar-refractivity contribution in [1.29, 1.82) is 0 Å². The van der Waals surface area contributed by atoms with E-state index in [9.17, 15) is 0 Å². The van der Waals surface area contributed by atoms with Crippen molar-refractivity contribution in [3.05, 3.63) is 0 Å². The van der Waals surface area contributed by atoms with Crippen LogP contribution in [0.5, 0.6) is 0 Å². The summed E-state index contributed by atoms with van der Waals surface area (Å²) in [6, 6.07) is 0. The van der Waals surface area contributed by atoms with E-state index in [0.29, 0.717) is 0 Å². The second-order valence-corrected chi connectivity index (χ2v) is 5.13. The molecule has 0 atom stereocenters. The topological polar surface area (TPSA) is 3.24 Å². The van der Waals surface area contributed by atoms with Crippen LogP contribution in [0, 0.1) is 5.41 Å². The van der Waals surface area contributed by atoms with E-state index in [1.165, 1.54) is 45.2 Å². The van der Waals surface area contributed by atoms with Crippen molar-refractivity contribution in [2.75, 3.05) is 13.1 Å². The summed E-state index contributed by atoms with van der Waals surface area (Å²) in [7, 11) is 0. The lowest BCUT2D eigenvalue weighted by Gasteiger charge is -2.46. The Hall–Kier alpha value is 0.690. The highest BCUT2D eigenvalue weighted by Gasteiger charge is 2.38. The predicted molar refractivity (Wildman–Crippen MR) is 51.1 cm³/mol. The summed E-state index contributed by atoms with van der Waals surface area (Å²) in [5.74, 6) is 0. The van der Waals surface area contributed by atoms with Crippen molar-refractivity contribution >= 4 is 22.9 Å². The fraction of sp³-hybridized carbons (Fsp3) is 1.00. The third kappa shape index (κ3) is 1.20. The summed E-state index contributed by atoms with van der Waals surface area (Å²) in [5, 5.41) is 0. The summed E-state index contributed by atoms with van der Waals surface area (Å²) in [6.45, 7) is 2.67. The van der Waals surface area contributed by atoms with E-state index in [1.54, 1.807) is 0 Å². The lowest BCUT2D eigenvalue weighted by molar-refractivity contribution is 0.0685. The molecule has 1 aliphatic carbocycles. The van der Waals surface area contributed by atoms with Crippen LogP contribution in [0.25, 0.3) is 0 Å². The van der Waals surface area contributed by atoms with Crippen molar-refractivity contribution in [2.24, 2.45) is 5.41 Å². The van der Waals surface area contributed by atoms with E-state index >= 15 is 0 Å². The van der Waals surface area contributed by atoms with Gasteiger partial charge in [0.1, 0.15) is 0 Å². The Morgan fingerprint density at radius 2 is 1.60 bits per heavy atom. The summed E-state index contributed by atoms with van der Waals surface area (Å²) < 4.78 is 2.43. The fourth-order valence-electron chi connectivity index (χ4n) is 2.13. The molecule has 1 saturated carbocycles. The molecule has 0 radical (unpaired) electrons. The molecule has 58 valence electrons. The normalized spacial score (nSPS) is 32.1. The number of nitrogens with zero attached hydrogens (tertiary/aromatic N) is 1. The van der Waals surface area contributed by atoms with Crippen LogP contribution >= 0.6 is 22.9 Å². The number of halogens is 1. The van der Waals surface area contributed by atoms with Gasteiger partial charge in [-0.15, -0.1) is 0 Å². The van der Waals surface area contributed by atoms with Gasteiger partial charge in [0.25, 0.3) is 0 Å². The Balaban J connectivity index is 1.90. The Labute approximate surface area is 76.7 Å². The first kappa shape index (κ1) is 7.35. The van der Waals surface area contributed by atoms with Crippen LogP contribution in [-0.2, 0) is 0 Å². The highest BCUT2D eigenvalue weighted by atomic mass is 127. The molecule has 0 aromatic rings. The molecule has 1 nitrogen and oxygen atoms in total. The predicted octanol–water partition coefficient (Wildman–Crippen LogP) is 2.60. The van der Waals surface area contributed by atoms with Gasteiger partial charge in [0.2, 0.25) is 0 Å². The minimum atomic E-state index is 0.835. The van der Waals surface area contributed by atoms with Crippen LogP contribution < -0.4 is 0 Å². The molecule has 0 aromatic heterocycles. The van der Waals surface area contributed by atoms with Gasteiger partial charge < -0.3 is 0 Å². The van der Waals surface area contributed by atoms with Crippen molar-refractivity contribution in [3.8, 4) is 0 Å². The molecule has 2 fully saturated rings. The monoisotopic (exact) mass is 251 g/mol. The summed E-state index contributed by atoms with van der Waals surface area (Å²) in [6.07, 6.45) is 7.49. The SMILES string of the molecule is IN1CCC2(CCC2)CC1. The molecule has 2 aliphatic rings. The minimum Gasteiger partial charge on any atom is -0.248 e. The summed E-state index contributed by atoms with van der Waals surface area (Å²) in [4.78, 5) is 0. The average molecular weight is 251 g/mol. The third-order valence-corrected chi connectivity index (χ3v) is 4.15. The van der Waals surface area contributed by atoms with E-state index < -0.39 is 0 Å². The van der Waals surface area contributed by atoms with Crippen LogP contribution in [0.1, 0.15) is 32.1 Å². The molecule has 1 saturated heterocycles. The maximum absolute atomic E-state index is 2.45. The van der Waals surface area contributed by atoms with Gasteiger partial charge in [-0.25, -0.2) is 3.11 Å². The number of hydrogen-bond donors (Lipinski definition) is 0. The molecule has 2 rings (SSSR count). The maximum Gasteiger partial charge on any atom is 0.0201 e. The first-order chi connectivity index (χ1) is 4.81. The Morgan fingerprint density at radius 1 is 1.00 bits per heavy atom. The molecule has 0 bridgehead atoms. The quantitative estimate of drug-likeness (QED) is 0.472. The summed E-state index contributed by atoms with van der Waals surface area (Å²) >= 11 is 2.45. The number of piperidine rings is 1. The van der Waals surface area contributed by atoms with Crippen LogP contribution in [0.15, 0.2) is 0 Å². The van der Waals surface area contributed by atoms with Gasteiger partial charge in [-0.05, 0) is 31.1 Å². The van der Waals surface area contributed by atoms with Gasteiger partial charge in [-0.2, -0.15) is 0 Å². The minimum absolute atomic E-state index is 0.835. The first-order valence-corrected chi connectivity index (χ1v) is 5.18. The molecule has 1 aliphatic heterocycles. The average Bonchev–Trinajstić information content (AvgIpc) is 1.86. The fourth-order valence-corrected chi connectivity index (χ4v) is 2.61. The number of hydrogen-bond acceptors (Lipinski definition) is 1. The van der Waals surface area contributed by atoms with Gasteiger partial charge in [0.05, 0.1) is 0 Å². The van der Waals surface area contributed by atoms with Crippen LogP contribution in [0.4, 0.5) is 0 Å². The van der Waals surface area contributed by atoms with Gasteiger partial charge in [0, 0.05) is 36.0 Å². The molecule has 0 aromatic carbocycles. The smallest absolute Gasteiger partial charge is 0.0201 e. The highest BCUT2D eigenvalue weighted by molar-refractivity contribution is 14.1. The zero-order chi connectivity index (χ0) is 7.03. The van der Waals surface area contributed by atoms with Crippen LogP contribution in [-0.4, -0.2) is 16.2 Å². The molecule has 0 N–H and O–H groups in total. The van der Waals surface area contributed by atoms with E-state index in [4.69, 9.17) is 0 Å². The molecular weight excluding hydrogens is 237 g/mol. The lowest BCUT2D eigenvalue weighted by Crippen LogP contribution is -2.39. The van der Waals surface area contributed by atoms with E-state index in [1.807, 2.05) is 0 Å². The molecule has 2 heteroatoms. The molecular formula is C8H14IN. The standard InChI is InChI=1S/C8H14IN/c9-10-6-4-8(5-7-10)2-1-3-8/h1-7H2. The van der Waals surface area contributed by atoms with Crippen molar-refractivity contribution in [2.45, 2.75) is 32.1 Å². The molecule has 0 unspecified atom stereocenters. The van der Waals surface area contributed by atoms with Gasteiger partial charge >= 0.3 is 0 Å². The Bertz CT molecular complexity index is 121. The first-order valence-electron chi connectivity index (χ1n) is 4.22. The lowest BCUT2D eigenvalue weighted by atomic mass is 9.63. The van der Waals surface area contributed by atoms with Gasteiger partial charge in [0.15, 0.2) is 0 Å².